The molecule has 0 spiro atoms. The van der Waals surface area contributed by atoms with Crippen LogP contribution < -0.4 is 5.32 Å². The minimum atomic E-state index is 0.312. The van der Waals surface area contributed by atoms with Crippen LogP contribution in [0, 0.1) is 6.92 Å². The Kier molecular flexibility index (Phi) is 5.59. The van der Waals surface area contributed by atoms with Crippen LogP contribution in [0.3, 0.4) is 0 Å². The van der Waals surface area contributed by atoms with E-state index >= 15 is 0 Å². The molecule has 0 aliphatic rings. The number of benzene rings is 1. The molecule has 0 bridgehead atoms. The fourth-order valence-corrected chi connectivity index (χ4v) is 3.13. The van der Waals surface area contributed by atoms with Crippen LogP contribution in [0.2, 0.25) is 0 Å². The van der Waals surface area contributed by atoms with Crippen LogP contribution in [0.5, 0.6) is 0 Å². The molecule has 21 heavy (non-hydrogen) atoms. The van der Waals surface area contributed by atoms with Crippen molar-refractivity contribution in [3.05, 3.63) is 51.3 Å². The number of rotatable bonds is 6. The van der Waals surface area contributed by atoms with Gasteiger partial charge in [0.15, 0.2) is 0 Å². The van der Waals surface area contributed by atoms with Crippen molar-refractivity contribution in [1.82, 2.24) is 15.1 Å². The molecule has 1 N–H and O–H groups in total. The van der Waals surface area contributed by atoms with Gasteiger partial charge < -0.3 is 5.32 Å². The highest BCUT2D eigenvalue weighted by Gasteiger charge is 2.17. The minimum Gasteiger partial charge on any atom is -0.310 e. The Balaban J connectivity index is 2.25. The third-order valence-corrected chi connectivity index (χ3v) is 4.93. The molecule has 0 fully saturated rings. The average molecular weight is 350 g/mol. The second kappa shape index (κ2) is 7.23. The summed E-state index contributed by atoms with van der Waals surface area (Å²) in [5.41, 5.74) is 4.99. The van der Waals surface area contributed by atoms with E-state index in [9.17, 15) is 0 Å². The van der Waals surface area contributed by atoms with Crippen molar-refractivity contribution in [3.8, 4) is 0 Å². The molecule has 0 radical (unpaired) electrons. The van der Waals surface area contributed by atoms with E-state index in [1.54, 1.807) is 0 Å². The van der Waals surface area contributed by atoms with E-state index in [4.69, 9.17) is 0 Å². The first-order valence-corrected chi connectivity index (χ1v) is 8.36. The maximum atomic E-state index is 4.49. The van der Waals surface area contributed by atoms with Crippen LogP contribution in [0.4, 0.5) is 0 Å². The number of nitrogens with zero attached hydrogens (tertiary/aromatic N) is 2. The molecule has 1 heterocycles. The van der Waals surface area contributed by atoms with Crippen LogP contribution in [0.25, 0.3) is 0 Å². The van der Waals surface area contributed by atoms with Crippen LogP contribution >= 0.6 is 15.9 Å². The van der Waals surface area contributed by atoms with E-state index in [1.807, 2.05) is 18.7 Å². The van der Waals surface area contributed by atoms with Gasteiger partial charge in [0.2, 0.25) is 0 Å². The maximum Gasteiger partial charge on any atom is 0.0738 e. The van der Waals surface area contributed by atoms with Crippen molar-refractivity contribution < 1.29 is 0 Å². The van der Waals surface area contributed by atoms with Crippen molar-refractivity contribution in [1.29, 1.82) is 0 Å². The standard InChI is InChI=1S/C17H24BrN3/c1-5-13-7-9-14(10-8-13)15(19-6-2)11-16-17(18)12(3)20-21(16)4/h7-10,15,19H,5-6,11H2,1-4H3. The molecule has 4 heteroatoms. The molecule has 0 saturated carbocycles. The molecule has 0 aliphatic carbocycles. The first kappa shape index (κ1) is 16.2. The zero-order chi connectivity index (χ0) is 15.4. The van der Waals surface area contributed by atoms with Crippen LogP contribution in [0.1, 0.15) is 42.4 Å². The summed E-state index contributed by atoms with van der Waals surface area (Å²) in [6, 6.07) is 9.24. The Bertz CT molecular complexity index is 587. The summed E-state index contributed by atoms with van der Waals surface area (Å²) in [5.74, 6) is 0. The van der Waals surface area contributed by atoms with Gasteiger partial charge in [0.25, 0.3) is 0 Å². The largest absolute Gasteiger partial charge is 0.310 e. The Morgan fingerprint density at radius 2 is 1.90 bits per heavy atom. The number of nitrogens with one attached hydrogen (secondary N) is 1. The number of likely N-dealkylation sites (N-methyl/N-ethyl adjacent to an activating group) is 1. The fourth-order valence-electron chi connectivity index (χ4n) is 2.64. The van der Waals surface area contributed by atoms with Gasteiger partial charge in [-0.05, 0) is 46.9 Å². The van der Waals surface area contributed by atoms with Gasteiger partial charge in [-0.15, -0.1) is 0 Å². The molecular formula is C17H24BrN3. The molecule has 0 aliphatic heterocycles. The summed E-state index contributed by atoms with van der Waals surface area (Å²) >= 11 is 3.66. The predicted octanol–water partition coefficient (Wildman–Crippen LogP) is 3.95. The third-order valence-electron chi connectivity index (χ3n) is 3.90. The van der Waals surface area contributed by atoms with E-state index in [0.717, 1.165) is 29.6 Å². The van der Waals surface area contributed by atoms with Crippen LogP contribution in [0.15, 0.2) is 28.7 Å². The van der Waals surface area contributed by atoms with E-state index < -0.39 is 0 Å². The Morgan fingerprint density at radius 3 is 2.38 bits per heavy atom. The normalized spacial score (nSPS) is 12.6. The van der Waals surface area contributed by atoms with Gasteiger partial charge in [0.05, 0.1) is 15.9 Å². The molecule has 2 rings (SSSR count). The number of halogens is 1. The number of aromatic nitrogens is 2. The fraction of sp³-hybridized carbons (Fsp3) is 0.471. The van der Waals surface area contributed by atoms with E-state index in [-0.39, 0.29) is 0 Å². The van der Waals surface area contributed by atoms with Gasteiger partial charge in [0, 0.05) is 19.5 Å². The summed E-state index contributed by atoms with van der Waals surface area (Å²) in [6.45, 7) is 7.32. The van der Waals surface area contributed by atoms with Crippen LogP contribution in [-0.2, 0) is 19.9 Å². The third kappa shape index (κ3) is 3.74. The SMILES string of the molecule is CCNC(Cc1c(Br)c(C)nn1C)c1ccc(CC)cc1. The van der Waals surface area contributed by atoms with Crippen molar-refractivity contribution in [3.63, 3.8) is 0 Å². The highest BCUT2D eigenvalue weighted by Crippen LogP contribution is 2.26. The second-order valence-electron chi connectivity index (χ2n) is 5.38. The lowest BCUT2D eigenvalue weighted by Crippen LogP contribution is -2.24. The number of hydrogen-bond donors (Lipinski definition) is 1. The highest BCUT2D eigenvalue weighted by atomic mass is 79.9. The molecule has 3 nitrogen and oxygen atoms in total. The quantitative estimate of drug-likeness (QED) is 0.855. The molecule has 1 atom stereocenters. The molecule has 114 valence electrons. The summed E-state index contributed by atoms with van der Waals surface area (Å²) in [4.78, 5) is 0. The first-order chi connectivity index (χ1) is 10.1. The summed E-state index contributed by atoms with van der Waals surface area (Å²) in [7, 11) is 2.01. The lowest BCUT2D eigenvalue weighted by Gasteiger charge is -2.19. The van der Waals surface area contributed by atoms with Gasteiger partial charge >= 0.3 is 0 Å². The molecule has 0 saturated heterocycles. The Labute approximate surface area is 135 Å². The van der Waals surface area contributed by atoms with Crippen molar-refractivity contribution in [2.45, 2.75) is 39.7 Å². The average Bonchev–Trinajstić information content (AvgIpc) is 2.73. The molecule has 1 aromatic carbocycles. The van der Waals surface area contributed by atoms with E-state index in [2.05, 4.69) is 64.5 Å². The van der Waals surface area contributed by atoms with Gasteiger partial charge in [-0.25, -0.2) is 0 Å². The second-order valence-corrected chi connectivity index (χ2v) is 6.17. The summed E-state index contributed by atoms with van der Waals surface area (Å²) in [6.07, 6.45) is 2.01. The van der Waals surface area contributed by atoms with Gasteiger partial charge in [0.1, 0.15) is 0 Å². The lowest BCUT2D eigenvalue weighted by molar-refractivity contribution is 0.527. The summed E-state index contributed by atoms with van der Waals surface area (Å²) in [5, 5.41) is 8.07. The predicted molar refractivity (Wildman–Crippen MR) is 91.6 cm³/mol. The van der Waals surface area contributed by atoms with Crippen molar-refractivity contribution >= 4 is 15.9 Å². The topological polar surface area (TPSA) is 29.9 Å². The molecule has 2 aromatic rings. The van der Waals surface area contributed by atoms with Gasteiger partial charge in [-0.1, -0.05) is 38.1 Å². The minimum absolute atomic E-state index is 0.312. The molecular weight excluding hydrogens is 326 g/mol. The zero-order valence-electron chi connectivity index (χ0n) is 13.3. The summed E-state index contributed by atoms with van der Waals surface area (Å²) < 4.78 is 3.10. The van der Waals surface area contributed by atoms with Crippen molar-refractivity contribution in [2.24, 2.45) is 7.05 Å². The highest BCUT2D eigenvalue weighted by molar-refractivity contribution is 9.10. The zero-order valence-corrected chi connectivity index (χ0v) is 14.9. The van der Waals surface area contributed by atoms with Crippen LogP contribution in [-0.4, -0.2) is 16.3 Å². The molecule has 1 unspecified atom stereocenters. The monoisotopic (exact) mass is 349 g/mol. The smallest absolute Gasteiger partial charge is 0.0738 e. The van der Waals surface area contributed by atoms with Crippen molar-refractivity contribution in [2.75, 3.05) is 6.54 Å². The van der Waals surface area contributed by atoms with Gasteiger partial charge in [-0.2, -0.15) is 5.10 Å². The number of aryl methyl sites for hydroxylation is 3. The first-order valence-electron chi connectivity index (χ1n) is 7.57. The number of hydrogen-bond acceptors (Lipinski definition) is 2. The lowest BCUT2D eigenvalue weighted by atomic mass is 9.99. The Morgan fingerprint density at radius 1 is 1.24 bits per heavy atom. The maximum absolute atomic E-state index is 4.49. The van der Waals surface area contributed by atoms with E-state index in [1.165, 1.54) is 16.8 Å². The van der Waals surface area contributed by atoms with E-state index in [0.29, 0.717) is 6.04 Å². The molecule has 0 amide bonds. The molecule has 1 aromatic heterocycles. The Hall–Kier alpha value is -1.13. The van der Waals surface area contributed by atoms with Gasteiger partial charge in [-0.3, -0.25) is 4.68 Å².